The van der Waals surface area contributed by atoms with Crippen LogP contribution in [0.25, 0.3) is 0 Å². The van der Waals surface area contributed by atoms with Crippen LogP contribution in [0, 0.1) is 0 Å². The van der Waals surface area contributed by atoms with Crippen LogP contribution in [0.4, 0.5) is 5.69 Å². The van der Waals surface area contributed by atoms with Gasteiger partial charge in [-0.25, -0.2) is 0 Å². The minimum absolute atomic E-state index is 0.227. The fraction of sp³-hybridized carbons (Fsp3) is 0.208. The molecule has 0 bridgehead atoms. The monoisotopic (exact) mass is 407 g/mol. The minimum Gasteiger partial charge on any atom is -0.491 e. The number of hydrogen-bond acceptors (Lipinski definition) is 5. The molecule has 1 amide bonds. The highest BCUT2D eigenvalue weighted by molar-refractivity contribution is 6.04. The lowest BCUT2D eigenvalue weighted by molar-refractivity contribution is 0.102. The number of nitrogens with one attached hydrogen (secondary N) is 1. The van der Waals surface area contributed by atoms with Crippen molar-refractivity contribution in [3.63, 3.8) is 0 Å². The third kappa shape index (κ3) is 6.83. The third-order valence-corrected chi connectivity index (χ3v) is 4.11. The number of rotatable bonds is 11. The van der Waals surface area contributed by atoms with Gasteiger partial charge in [0.2, 0.25) is 0 Å². The standard InChI is InChI=1S/C24H25NO5/c1-27-13-14-29-23-12-6-8-20(18-23)25-24(26)19-7-5-11-22(17-19)30-16-15-28-21-9-3-2-4-10-21/h2-12,17-18H,13-16H2,1H3,(H,25,26). The third-order valence-electron chi connectivity index (χ3n) is 4.11. The zero-order valence-corrected chi connectivity index (χ0v) is 16.9. The van der Waals surface area contributed by atoms with Gasteiger partial charge in [-0.05, 0) is 42.5 Å². The number of para-hydroxylation sites is 1. The molecule has 6 heteroatoms. The molecule has 0 radical (unpaired) electrons. The van der Waals surface area contributed by atoms with Crippen molar-refractivity contribution in [3.05, 3.63) is 84.4 Å². The number of hydrogen-bond donors (Lipinski definition) is 1. The highest BCUT2D eigenvalue weighted by Gasteiger charge is 2.08. The highest BCUT2D eigenvalue weighted by atomic mass is 16.5. The lowest BCUT2D eigenvalue weighted by Gasteiger charge is -2.11. The molecular formula is C24H25NO5. The summed E-state index contributed by atoms with van der Waals surface area (Å²) in [6.45, 7) is 1.73. The van der Waals surface area contributed by atoms with E-state index in [1.165, 1.54) is 0 Å². The topological polar surface area (TPSA) is 66.0 Å². The fourth-order valence-electron chi connectivity index (χ4n) is 2.67. The Labute approximate surface area is 176 Å². The molecule has 3 aromatic carbocycles. The summed E-state index contributed by atoms with van der Waals surface area (Å²) in [6.07, 6.45) is 0. The predicted molar refractivity (Wildman–Crippen MR) is 116 cm³/mol. The molecule has 6 nitrogen and oxygen atoms in total. The van der Waals surface area contributed by atoms with Crippen LogP contribution < -0.4 is 19.5 Å². The summed E-state index contributed by atoms with van der Waals surface area (Å²) in [5, 5.41) is 2.87. The van der Waals surface area contributed by atoms with E-state index >= 15 is 0 Å². The molecule has 0 saturated heterocycles. The van der Waals surface area contributed by atoms with Crippen molar-refractivity contribution in [2.45, 2.75) is 0 Å². The maximum absolute atomic E-state index is 12.6. The van der Waals surface area contributed by atoms with Gasteiger partial charge in [-0.15, -0.1) is 0 Å². The number of benzene rings is 3. The molecule has 156 valence electrons. The molecule has 0 unspecified atom stereocenters. The molecule has 0 saturated carbocycles. The van der Waals surface area contributed by atoms with E-state index in [4.69, 9.17) is 18.9 Å². The second kappa shape index (κ2) is 11.5. The lowest BCUT2D eigenvalue weighted by atomic mass is 10.2. The fourth-order valence-corrected chi connectivity index (χ4v) is 2.67. The molecule has 30 heavy (non-hydrogen) atoms. The molecule has 0 aliphatic carbocycles. The van der Waals surface area contributed by atoms with Crippen molar-refractivity contribution in [1.29, 1.82) is 0 Å². The van der Waals surface area contributed by atoms with Crippen molar-refractivity contribution in [2.75, 3.05) is 38.9 Å². The molecule has 0 atom stereocenters. The number of carbonyl (C=O) groups excluding carboxylic acids is 1. The number of methoxy groups -OCH3 is 1. The molecule has 3 rings (SSSR count). The van der Waals surface area contributed by atoms with Crippen molar-refractivity contribution in [3.8, 4) is 17.2 Å². The second-order valence-corrected chi connectivity index (χ2v) is 6.36. The van der Waals surface area contributed by atoms with Gasteiger partial charge in [0.05, 0.1) is 6.61 Å². The van der Waals surface area contributed by atoms with Gasteiger partial charge in [-0.3, -0.25) is 4.79 Å². The van der Waals surface area contributed by atoms with Crippen LogP contribution in [0.5, 0.6) is 17.2 Å². The summed E-state index contributed by atoms with van der Waals surface area (Å²) in [5.74, 6) is 1.84. The summed E-state index contributed by atoms with van der Waals surface area (Å²) >= 11 is 0. The molecule has 0 spiro atoms. The average molecular weight is 407 g/mol. The van der Waals surface area contributed by atoms with E-state index in [1.54, 1.807) is 31.4 Å². The van der Waals surface area contributed by atoms with Gasteiger partial charge < -0.3 is 24.3 Å². The first kappa shape index (κ1) is 21.2. The number of anilines is 1. The largest absolute Gasteiger partial charge is 0.491 e. The Hall–Kier alpha value is -3.51. The Balaban J connectivity index is 1.51. The first-order valence-electron chi connectivity index (χ1n) is 9.68. The molecular weight excluding hydrogens is 382 g/mol. The van der Waals surface area contributed by atoms with Gasteiger partial charge in [0.1, 0.15) is 37.1 Å². The van der Waals surface area contributed by atoms with E-state index < -0.39 is 0 Å². The van der Waals surface area contributed by atoms with Crippen LogP contribution in [-0.2, 0) is 4.74 Å². The maximum atomic E-state index is 12.6. The lowest BCUT2D eigenvalue weighted by Crippen LogP contribution is -2.13. The molecule has 0 fully saturated rings. The molecule has 0 heterocycles. The first-order chi connectivity index (χ1) is 14.7. The second-order valence-electron chi connectivity index (χ2n) is 6.36. The highest BCUT2D eigenvalue weighted by Crippen LogP contribution is 2.19. The van der Waals surface area contributed by atoms with Crippen molar-refractivity contribution >= 4 is 11.6 Å². The van der Waals surface area contributed by atoms with Crippen molar-refractivity contribution in [2.24, 2.45) is 0 Å². The van der Waals surface area contributed by atoms with Gasteiger partial charge in [0, 0.05) is 24.4 Å². The Bertz CT molecular complexity index is 930. The summed E-state index contributed by atoms with van der Waals surface area (Å²) < 4.78 is 21.9. The van der Waals surface area contributed by atoms with Crippen LogP contribution in [0.15, 0.2) is 78.9 Å². The first-order valence-corrected chi connectivity index (χ1v) is 9.68. The Morgan fingerprint density at radius 2 is 1.30 bits per heavy atom. The molecule has 0 aliphatic rings. The molecule has 0 aliphatic heterocycles. The van der Waals surface area contributed by atoms with E-state index in [-0.39, 0.29) is 5.91 Å². The number of ether oxygens (including phenoxy) is 4. The van der Waals surface area contributed by atoms with E-state index in [9.17, 15) is 4.79 Å². The van der Waals surface area contributed by atoms with Crippen LogP contribution in [0.3, 0.4) is 0 Å². The maximum Gasteiger partial charge on any atom is 0.255 e. The Morgan fingerprint density at radius 3 is 2.03 bits per heavy atom. The summed E-state index contributed by atoms with van der Waals surface area (Å²) in [6, 6.07) is 23.8. The van der Waals surface area contributed by atoms with Gasteiger partial charge in [0.15, 0.2) is 0 Å². The molecule has 3 aromatic rings. The summed E-state index contributed by atoms with van der Waals surface area (Å²) in [7, 11) is 1.62. The van der Waals surface area contributed by atoms with Crippen LogP contribution in [-0.4, -0.2) is 39.4 Å². The quantitative estimate of drug-likeness (QED) is 0.477. The zero-order valence-electron chi connectivity index (χ0n) is 16.9. The van der Waals surface area contributed by atoms with Gasteiger partial charge >= 0.3 is 0 Å². The average Bonchev–Trinajstić information content (AvgIpc) is 2.78. The Morgan fingerprint density at radius 1 is 0.700 bits per heavy atom. The van der Waals surface area contributed by atoms with Crippen molar-refractivity contribution in [1.82, 2.24) is 0 Å². The van der Waals surface area contributed by atoms with Crippen LogP contribution >= 0.6 is 0 Å². The summed E-state index contributed by atoms with van der Waals surface area (Å²) in [4.78, 5) is 12.6. The molecule has 0 aromatic heterocycles. The van der Waals surface area contributed by atoms with Gasteiger partial charge in [-0.1, -0.05) is 30.3 Å². The summed E-state index contributed by atoms with van der Waals surface area (Å²) in [5.41, 5.74) is 1.15. The van der Waals surface area contributed by atoms with Gasteiger partial charge in [0.25, 0.3) is 5.91 Å². The Kier molecular flexibility index (Phi) is 8.12. The van der Waals surface area contributed by atoms with Crippen molar-refractivity contribution < 1.29 is 23.7 Å². The minimum atomic E-state index is -0.227. The predicted octanol–water partition coefficient (Wildman–Crippen LogP) is 4.42. The smallest absolute Gasteiger partial charge is 0.255 e. The van der Waals surface area contributed by atoms with E-state index in [1.807, 2.05) is 54.6 Å². The normalized spacial score (nSPS) is 10.3. The van der Waals surface area contributed by atoms with Crippen LogP contribution in [0.2, 0.25) is 0 Å². The number of amides is 1. The zero-order chi connectivity index (χ0) is 21.0. The van der Waals surface area contributed by atoms with E-state index in [0.29, 0.717) is 49.2 Å². The SMILES string of the molecule is COCCOc1cccc(NC(=O)c2cccc(OCCOc3ccccc3)c2)c1. The van der Waals surface area contributed by atoms with E-state index in [0.717, 1.165) is 5.75 Å². The number of carbonyl (C=O) groups is 1. The molecule has 1 N–H and O–H groups in total. The van der Waals surface area contributed by atoms with Crippen LogP contribution in [0.1, 0.15) is 10.4 Å². The van der Waals surface area contributed by atoms with E-state index in [2.05, 4.69) is 5.32 Å². The van der Waals surface area contributed by atoms with Gasteiger partial charge in [-0.2, -0.15) is 0 Å².